The number of anilines is 1. The fraction of sp³-hybridized carbons (Fsp3) is 0.600. The number of benzene rings is 1. The van der Waals surface area contributed by atoms with Gasteiger partial charge in [-0.25, -0.2) is 8.42 Å². The van der Waals surface area contributed by atoms with Crippen LogP contribution in [0.1, 0.15) is 26.7 Å². The number of rotatable bonds is 8. The normalized spacial score (nSPS) is 15.8. The molecule has 118 valence electrons. The first-order valence-electron chi connectivity index (χ1n) is 7.37. The Hall–Kier alpha value is -0.720. The van der Waals surface area contributed by atoms with Crippen molar-refractivity contribution < 1.29 is 8.42 Å². The van der Waals surface area contributed by atoms with E-state index in [9.17, 15) is 8.42 Å². The van der Waals surface area contributed by atoms with E-state index in [2.05, 4.69) is 0 Å². The molecule has 0 saturated heterocycles. The first-order chi connectivity index (χ1) is 9.90. The minimum atomic E-state index is -3.19. The fourth-order valence-corrected chi connectivity index (χ4v) is 5.31. The van der Waals surface area contributed by atoms with E-state index >= 15 is 0 Å². The Labute approximate surface area is 132 Å². The molecule has 0 atom stereocenters. The summed E-state index contributed by atoms with van der Waals surface area (Å²) in [5, 5.41) is 0. The van der Waals surface area contributed by atoms with Gasteiger partial charge in [0.15, 0.2) is 0 Å². The van der Waals surface area contributed by atoms with Crippen LogP contribution in [-0.2, 0) is 10.0 Å². The maximum Gasteiger partial charge on any atom is 0.215 e. The third kappa shape index (κ3) is 4.90. The van der Waals surface area contributed by atoms with Gasteiger partial charge in [-0.3, -0.25) is 0 Å². The molecule has 0 bridgehead atoms. The molecule has 21 heavy (non-hydrogen) atoms. The molecule has 2 rings (SSSR count). The predicted octanol–water partition coefficient (Wildman–Crippen LogP) is 2.81. The number of hydrogen-bond acceptors (Lipinski definition) is 4. The fourth-order valence-electron chi connectivity index (χ4n) is 2.19. The van der Waals surface area contributed by atoms with Crippen LogP contribution in [0.3, 0.4) is 0 Å². The summed E-state index contributed by atoms with van der Waals surface area (Å²) in [5.74, 6) is 1.26. The summed E-state index contributed by atoms with van der Waals surface area (Å²) in [6, 6.07) is 7.59. The zero-order chi connectivity index (χ0) is 15.5. The Kier molecular flexibility index (Phi) is 5.57. The van der Waals surface area contributed by atoms with Crippen molar-refractivity contribution in [1.82, 2.24) is 4.31 Å². The SMILES string of the molecule is CC(C)N(CC1CC1)S(=O)(=O)CCSc1ccccc1N. The van der Waals surface area contributed by atoms with Crippen molar-refractivity contribution in [2.75, 3.05) is 23.8 Å². The van der Waals surface area contributed by atoms with Gasteiger partial charge in [0.1, 0.15) is 0 Å². The molecule has 1 aliphatic rings. The van der Waals surface area contributed by atoms with E-state index in [4.69, 9.17) is 5.73 Å². The topological polar surface area (TPSA) is 63.4 Å². The zero-order valence-electron chi connectivity index (χ0n) is 12.7. The Morgan fingerprint density at radius 2 is 2.00 bits per heavy atom. The van der Waals surface area contributed by atoms with Crippen LogP contribution >= 0.6 is 11.8 Å². The van der Waals surface area contributed by atoms with Crippen LogP contribution < -0.4 is 5.73 Å². The molecule has 2 N–H and O–H groups in total. The number of sulfonamides is 1. The summed E-state index contributed by atoms with van der Waals surface area (Å²) < 4.78 is 26.7. The molecule has 0 amide bonds. The molecular weight excluding hydrogens is 304 g/mol. The number of nitrogens with two attached hydrogens (primary N) is 1. The van der Waals surface area contributed by atoms with Gasteiger partial charge in [0, 0.05) is 28.9 Å². The summed E-state index contributed by atoms with van der Waals surface area (Å²) in [6.45, 7) is 4.57. The average Bonchev–Trinajstić information content (AvgIpc) is 3.21. The molecule has 1 aliphatic carbocycles. The van der Waals surface area contributed by atoms with Crippen molar-refractivity contribution in [1.29, 1.82) is 0 Å². The molecule has 0 radical (unpaired) electrons. The van der Waals surface area contributed by atoms with Crippen LogP contribution in [-0.4, -0.2) is 36.8 Å². The molecule has 6 heteroatoms. The second-order valence-corrected chi connectivity index (χ2v) is 8.99. The standard InChI is InChI=1S/C15H24N2O2S2/c1-12(2)17(11-13-7-8-13)21(18,19)10-9-20-15-6-4-3-5-14(15)16/h3-6,12-13H,7-11,16H2,1-2H3. The average molecular weight is 329 g/mol. The molecule has 0 spiro atoms. The highest BCUT2D eigenvalue weighted by atomic mass is 32.2. The first kappa shape index (κ1) is 16.6. The molecule has 0 aromatic heterocycles. The van der Waals surface area contributed by atoms with Crippen molar-refractivity contribution >= 4 is 27.5 Å². The van der Waals surface area contributed by atoms with Gasteiger partial charge < -0.3 is 5.73 Å². The molecule has 0 aliphatic heterocycles. The van der Waals surface area contributed by atoms with Gasteiger partial charge in [0.2, 0.25) is 10.0 Å². The largest absolute Gasteiger partial charge is 0.398 e. The molecule has 1 aromatic carbocycles. The minimum absolute atomic E-state index is 0.0300. The van der Waals surface area contributed by atoms with E-state index in [1.54, 1.807) is 4.31 Å². The highest BCUT2D eigenvalue weighted by Crippen LogP contribution is 2.31. The van der Waals surface area contributed by atoms with E-state index in [1.807, 2.05) is 38.1 Å². The Balaban J connectivity index is 1.91. The predicted molar refractivity (Wildman–Crippen MR) is 89.9 cm³/mol. The van der Waals surface area contributed by atoms with Gasteiger partial charge in [-0.2, -0.15) is 4.31 Å². The zero-order valence-corrected chi connectivity index (χ0v) is 14.3. The molecule has 1 fully saturated rings. The molecule has 0 heterocycles. The van der Waals surface area contributed by atoms with Gasteiger partial charge in [-0.15, -0.1) is 11.8 Å². The van der Waals surface area contributed by atoms with E-state index in [-0.39, 0.29) is 11.8 Å². The highest BCUT2D eigenvalue weighted by Gasteiger charge is 2.31. The van der Waals surface area contributed by atoms with E-state index in [1.165, 1.54) is 11.8 Å². The van der Waals surface area contributed by atoms with Gasteiger partial charge in [0.25, 0.3) is 0 Å². The Morgan fingerprint density at radius 3 is 2.57 bits per heavy atom. The summed E-state index contributed by atoms with van der Waals surface area (Å²) in [5.41, 5.74) is 6.58. The monoisotopic (exact) mass is 328 g/mol. The summed E-state index contributed by atoms with van der Waals surface area (Å²) >= 11 is 1.51. The van der Waals surface area contributed by atoms with Crippen LogP contribution in [0, 0.1) is 5.92 Å². The van der Waals surface area contributed by atoms with Crippen molar-refractivity contribution in [2.24, 2.45) is 5.92 Å². The van der Waals surface area contributed by atoms with Crippen LogP contribution in [0.5, 0.6) is 0 Å². The van der Waals surface area contributed by atoms with Crippen molar-refractivity contribution in [2.45, 2.75) is 37.6 Å². The third-order valence-electron chi connectivity index (χ3n) is 3.59. The number of nitrogen functional groups attached to an aromatic ring is 1. The van der Waals surface area contributed by atoms with Gasteiger partial charge in [-0.05, 0) is 44.7 Å². The lowest BCUT2D eigenvalue weighted by Gasteiger charge is -2.25. The lowest BCUT2D eigenvalue weighted by atomic mass is 10.3. The highest BCUT2D eigenvalue weighted by molar-refractivity contribution is 8.00. The van der Waals surface area contributed by atoms with E-state index in [0.29, 0.717) is 23.9 Å². The van der Waals surface area contributed by atoms with E-state index < -0.39 is 10.0 Å². The van der Waals surface area contributed by atoms with Gasteiger partial charge in [-0.1, -0.05) is 12.1 Å². The maximum atomic E-state index is 12.5. The molecular formula is C15H24N2O2S2. The summed E-state index contributed by atoms with van der Waals surface area (Å²) in [6.07, 6.45) is 2.32. The summed E-state index contributed by atoms with van der Waals surface area (Å²) in [4.78, 5) is 0.950. The smallest absolute Gasteiger partial charge is 0.215 e. The lowest BCUT2D eigenvalue weighted by Crippen LogP contribution is -2.40. The molecule has 1 aromatic rings. The number of nitrogens with zero attached hydrogens (tertiary/aromatic N) is 1. The Bertz CT molecular complexity index is 569. The molecule has 1 saturated carbocycles. The third-order valence-corrected chi connectivity index (χ3v) is 6.94. The van der Waals surface area contributed by atoms with Crippen LogP contribution in [0.15, 0.2) is 29.2 Å². The number of thioether (sulfide) groups is 1. The minimum Gasteiger partial charge on any atom is -0.398 e. The van der Waals surface area contributed by atoms with Crippen LogP contribution in [0.4, 0.5) is 5.69 Å². The van der Waals surface area contributed by atoms with Crippen LogP contribution in [0.2, 0.25) is 0 Å². The molecule has 4 nitrogen and oxygen atoms in total. The summed E-state index contributed by atoms with van der Waals surface area (Å²) in [7, 11) is -3.19. The second-order valence-electron chi connectivity index (χ2n) is 5.81. The first-order valence-corrected chi connectivity index (χ1v) is 9.96. The van der Waals surface area contributed by atoms with Crippen molar-refractivity contribution in [3.05, 3.63) is 24.3 Å². The molecule has 0 unspecified atom stereocenters. The van der Waals surface area contributed by atoms with Gasteiger partial charge >= 0.3 is 0 Å². The number of hydrogen-bond donors (Lipinski definition) is 1. The maximum absolute atomic E-state index is 12.5. The van der Waals surface area contributed by atoms with Gasteiger partial charge in [0.05, 0.1) is 5.75 Å². The second kappa shape index (κ2) is 7.03. The lowest BCUT2D eigenvalue weighted by molar-refractivity contribution is 0.342. The van der Waals surface area contributed by atoms with Crippen molar-refractivity contribution in [3.8, 4) is 0 Å². The van der Waals surface area contributed by atoms with Crippen molar-refractivity contribution in [3.63, 3.8) is 0 Å². The van der Waals surface area contributed by atoms with E-state index in [0.717, 1.165) is 17.7 Å². The quantitative estimate of drug-likeness (QED) is 0.589. The number of para-hydroxylation sites is 1. The van der Waals surface area contributed by atoms with Crippen LogP contribution in [0.25, 0.3) is 0 Å². The Morgan fingerprint density at radius 1 is 1.33 bits per heavy atom.